The number of sulfone groups is 1. The number of benzene rings is 2. The lowest BCUT2D eigenvalue weighted by molar-refractivity contribution is -0.139. The van der Waals surface area contributed by atoms with Gasteiger partial charge in [0.15, 0.2) is 16.4 Å². The largest absolute Gasteiger partial charge is 0.481 e. The molecule has 3 N–H and O–H groups in total. The van der Waals surface area contributed by atoms with Crippen LogP contribution in [0.15, 0.2) is 47.4 Å². The smallest absolute Gasteiger partial charge is 0.341 e. The number of hydrogen-bond acceptors (Lipinski definition) is 5. The fraction of sp³-hybridized carbons (Fsp3) is 0.273. The zero-order valence-electron chi connectivity index (χ0n) is 16.9. The minimum atomic E-state index is -3.35. The van der Waals surface area contributed by atoms with E-state index in [0.29, 0.717) is 30.5 Å². The van der Waals surface area contributed by atoms with Crippen LogP contribution >= 0.6 is 0 Å². The zero-order chi connectivity index (χ0) is 22.3. The molecule has 0 radical (unpaired) electrons. The van der Waals surface area contributed by atoms with E-state index in [0.717, 1.165) is 22.3 Å². The fourth-order valence-electron chi connectivity index (χ4n) is 4.30. The predicted octanol–water partition coefficient (Wildman–Crippen LogP) is 2.07. The van der Waals surface area contributed by atoms with E-state index in [4.69, 9.17) is 15.6 Å². The Morgan fingerprint density at radius 3 is 2.65 bits per heavy atom. The molecule has 0 bridgehead atoms. The average molecular weight is 442 g/mol. The maximum atomic E-state index is 12.1. The average Bonchev–Trinajstić information content (AvgIpc) is 3.26. The Morgan fingerprint density at radius 2 is 1.97 bits per heavy atom. The van der Waals surface area contributed by atoms with Crippen LogP contribution < -0.4 is 10.5 Å². The van der Waals surface area contributed by atoms with Gasteiger partial charge in [-0.25, -0.2) is 13.2 Å². The fourth-order valence-corrected chi connectivity index (χ4v) is 4.99. The van der Waals surface area contributed by atoms with E-state index in [1.165, 1.54) is 6.26 Å². The number of primary amides is 1. The number of nitrogens with two attached hydrogens (primary N) is 1. The second kappa shape index (κ2) is 7.73. The van der Waals surface area contributed by atoms with Crippen LogP contribution in [-0.4, -0.2) is 42.8 Å². The Balaban J connectivity index is 1.88. The highest BCUT2D eigenvalue weighted by atomic mass is 32.2. The molecule has 2 aromatic carbocycles. The van der Waals surface area contributed by atoms with Crippen molar-refractivity contribution in [1.82, 2.24) is 4.57 Å². The number of aromatic nitrogens is 1. The van der Waals surface area contributed by atoms with E-state index in [1.54, 1.807) is 30.3 Å². The third-order valence-electron chi connectivity index (χ3n) is 5.58. The van der Waals surface area contributed by atoms with E-state index in [-0.39, 0.29) is 4.90 Å². The van der Waals surface area contributed by atoms with Crippen LogP contribution in [0.2, 0.25) is 0 Å². The van der Waals surface area contributed by atoms with Gasteiger partial charge in [0.1, 0.15) is 5.75 Å². The van der Waals surface area contributed by atoms with Crippen molar-refractivity contribution in [2.24, 2.45) is 5.73 Å². The van der Waals surface area contributed by atoms with Gasteiger partial charge in [-0.3, -0.25) is 4.79 Å². The molecule has 8 nitrogen and oxygen atoms in total. The summed E-state index contributed by atoms with van der Waals surface area (Å²) >= 11 is 0. The molecule has 0 aliphatic heterocycles. The topological polar surface area (TPSA) is 129 Å². The summed E-state index contributed by atoms with van der Waals surface area (Å²) in [5.41, 5.74) is 8.92. The number of aliphatic carboxylic acids is 1. The molecular formula is C22H22N2O6S. The lowest BCUT2D eigenvalue weighted by Crippen LogP contribution is -2.19. The van der Waals surface area contributed by atoms with E-state index in [2.05, 4.69) is 0 Å². The molecule has 1 aliphatic rings. The number of carbonyl (C=O) groups is 2. The van der Waals surface area contributed by atoms with Gasteiger partial charge in [-0.05, 0) is 48.2 Å². The second-order valence-electron chi connectivity index (χ2n) is 7.69. The first-order valence-corrected chi connectivity index (χ1v) is 11.6. The van der Waals surface area contributed by atoms with Crippen molar-refractivity contribution in [3.05, 3.63) is 59.3 Å². The normalized spacial score (nSPS) is 15.7. The third kappa shape index (κ3) is 3.88. The summed E-state index contributed by atoms with van der Waals surface area (Å²) in [6, 6.07) is 12.0. The summed E-state index contributed by atoms with van der Waals surface area (Å²) in [4.78, 5) is 23.4. The lowest BCUT2D eigenvalue weighted by atomic mass is 9.99. The number of rotatable bonds is 7. The van der Waals surface area contributed by atoms with Crippen LogP contribution in [0.5, 0.6) is 5.75 Å². The van der Waals surface area contributed by atoms with Crippen LogP contribution in [0.25, 0.3) is 10.9 Å². The molecule has 3 aromatic rings. The van der Waals surface area contributed by atoms with Crippen molar-refractivity contribution in [1.29, 1.82) is 0 Å². The summed E-state index contributed by atoms with van der Waals surface area (Å²) in [7, 11) is -3.35. The molecule has 1 heterocycles. The first kappa shape index (κ1) is 20.9. The predicted molar refractivity (Wildman–Crippen MR) is 114 cm³/mol. The monoisotopic (exact) mass is 442 g/mol. The number of carboxylic acids is 1. The van der Waals surface area contributed by atoms with Crippen molar-refractivity contribution in [3.8, 4) is 5.75 Å². The molecule has 1 aliphatic carbocycles. The summed E-state index contributed by atoms with van der Waals surface area (Å²) in [6.07, 6.45) is 2.35. The second-order valence-corrected chi connectivity index (χ2v) is 9.71. The number of ether oxygens (including phenoxy) is 1. The van der Waals surface area contributed by atoms with Gasteiger partial charge in [-0.2, -0.15) is 0 Å². The summed E-state index contributed by atoms with van der Waals surface area (Å²) in [5.74, 6) is -1.65. The Kier molecular flexibility index (Phi) is 5.22. The van der Waals surface area contributed by atoms with Gasteiger partial charge in [0.05, 0.1) is 16.3 Å². The molecule has 0 spiro atoms. The van der Waals surface area contributed by atoms with E-state index in [1.807, 2.05) is 16.7 Å². The number of carboxylic acid groups (broad SMARTS) is 1. The maximum Gasteiger partial charge on any atom is 0.341 e. The third-order valence-corrected chi connectivity index (χ3v) is 6.69. The van der Waals surface area contributed by atoms with Crippen LogP contribution in [0.4, 0.5) is 0 Å². The number of fused-ring (bicyclic) bond motifs is 3. The molecule has 4 rings (SSSR count). The summed E-state index contributed by atoms with van der Waals surface area (Å²) in [5, 5.41) is 9.70. The van der Waals surface area contributed by atoms with Gasteiger partial charge < -0.3 is 20.1 Å². The van der Waals surface area contributed by atoms with Gasteiger partial charge >= 0.3 is 5.97 Å². The van der Waals surface area contributed by atoms with Gasteiger partial charge in [-0.15, -0.1) is 0 Å². The minimum Gasteiger partial charge on any atom is -0.481 e. The number of carbonyl (C=O) groups excluding carboxylic acids is 1. The van der Waals surface area contributed by atoms with Gasteiger partial charge in [-0.1, -0.05) is 18.2 Å². The van der Waals surface area contributed by atoms with Gasteiger partial charge in [0.2, 0.25) is 5.91 Å². The molecule has 31 heavy (non-hydrogen) atoms. The Labute approximate surface area is 179 Å². The summed E-state index contributed by atoms with van der Waals surface area (Å²) in [6.45, 7) is -0.111. The van der Waals surface area contributed by atoms with Crippen LogP contribution in [0.3, 0.4) is 0 Å². The van der Waals surface area contributed by atoms with Crippen LogP contribution in [-0.2, 0) is 32.4 Å². The Morgan fingerprint density at radius 1 is 1.23 bits per heavy atom. The van der Waals surface area contributed by atoms with Gasteiger partial charge in [0.25, 0.3) is 0 Å². The highest BCUT2D eigenvalue weighted by Crippen LogP contribution is 2.44. The van der Waals surface area contributed by atoms with Crippen LogP contribution in [0.1, 0.15) is 29.2 Å². The van der Waals surface area contributed by atoms with Gasteiger partial charge in [0, 0.05) is 23.9 Å². The maximum absolute atomic E-state index is 12.1. The van der Waals surface area contributed by atoms with Crippen molar-refractivity contribution >= 4 is 32.6 Å². The number of nitrogens with zero attached hydrogens (tertiary/aromatic N) is 1. The molecule has 162 valence electrons. The van der Waals surface area contributed by atoms with E-state index >= 15 is 0 Å². The SMILES string of the molecule is CS(=O)(=O)c1cccc(Cn2c3c(c4c(OCC(=O)O)cccc42)C(C(N)=O)CC3)c1. The highest BCUT2D eigenvalue weighted by molar-refractivity contribution is 7.90. The molecule has 1 aromatic heterocycles. The molecule has 1 amide bonds. The first-order chi connectivity index (χ1) is 14.7. The molecule has 0 saturated heterocycles. The highest BCUT2D eigenvalue weighted by Gasteiger charge is 2.34. The molecular weight excluding hydrogens is 420 g/mol. The minimum absolute atomic E-state index is 0.235. The van der Waals surface area contributed by atoms with Crippen molar-refractivity contribution in [2.45, 2.75) is 30.2 Å². The summed E-state index contributed by atoms with van der Waals surface area (Å²) < 4.78 is 31.5. The standard InChI is InChI=1S/C22H22N2O6S/c1-31(28,29)14-5-2-4-13(10-14)11-24-16-6-3-7-18(30-12-19(25)26)21(16)20-15(22(23)27)8-9-17(20)24/h2-7,10,15H,8-9,11-12H2,1H3,(H2,23,27)(H,25,26). The first-order valence-electron chi connectivity index (χ1n) is 9.73. The Bertz CT molecular complexity index is 1310. The van der Waals surface area contributed by atoms with E-state index < -0.39 is 34.2 Å². The molecule has 9 heteroatoms. The number of hydrogen-bond donors (Lipinski definition) is 2. The lowest BCUT2D eigenvalue weighted by Gasteiger charge is -2.12. The Hall–Kier alpha value is -3.33. The van der Waals surface area contributed by atoms with Crippen LogP contribution in [0, 0.1) is 0 Å². The molecule has 1 unspecified atom stereocenters. The van der Waals surface area contributed by atoms with E-state index in [9.17, 15) is 18.0 Å². The quantitative estimate of drug-likeness (QED) is 0.576. The molecule has 0 fully saturated rings. The molecule has 1 atom stereocenters. The van der Waals surface area contributed by atoms with Crippen molar-refractivity contribution < 1.29 is 27.9 Å². The zero-order valence-corrected chi connectivity index (χ0v) is 17.7. The number of amides is 1. The van der Waals surface area contributed by atoms with Crippen molar-refractivity contribution in [2.75, 3.05) is 12.9 Å². The van der Waals surface area contributed by atoms with Crippen molar-refractivity contribution in [3.63, 3.8) is 0 Å². The molecule has 0 saturated carbocycles.